The van der Waals surface area contributed by atoms with E-state index in [0.717, 1.165) is 17.7 Å². The van der Waals surface area contributed by atoms with E-state index in [4.69, 9.17) is 4.74 Å². The monoisotopic (exact) mass is 233 g/mol. The molecule has 4 nitrogen and oxygen atoms in total. The lowest BCUT2D eigenvalue weighted by molar-refractivity contribution is -0.118. The summed E-state index contributed by atoms with van der Waals surface area (Å²) in [4.78, 5) is 27.2. The van der Waals surface area contributed by atoms with Crippen molar-refractivity contribution in [3.63, 3.8) is 0 Å². The predicted molar refractivity (Wildman–Crippen MR) is 61.8 cm³/mol. The van der Waals surface area contributed by atoms with Crippen LogP contribution in [0.2, 0.25) is 0 Å². The van der Waals surface area contributed by atoms with Gasteiger partial charge in [0.25, 0.3) is 0 Å². The number of Topliss-reactive ketones (excluding diaryl/α,β-unsaturated/α-hetero) is 1. The number of pyridine rings is 1. The average Bonchev–Trinajstić information content (AvgIpc) is 2.27. The number of hydrogen-bond acceptors (Lipinski definition) is 4. The molecule has 1 aromatic heterocycles. The van der Waals surface area contributed by atoms with Crippen LogP contribution in [-0.4, -0.2) is 22.8 Å². The maximum Gasteiger partial charge on any atom is 0.357 e. The minimum absolute atomic E-state index is 0.165. The molecule has 2 rings (SSSR count). The number of rotatable bonds is 2. The van der Waals surface area contributed by atoms with Crippen LogP contribution in [0.15, 0.2) is 12.1 Å². The fourth-order valence-electron chi connectivity index (χ4n) is 1.85. The number of esters is 1. The maximum absolute atomic E-state index is 11.7. The molecule has 0 amide bonds. The second-order valence-electron chi connectivity index (χ2n) is 4.47. The van der Waals surface area contributed by atoms with E-state index in [9.17, 15) is 9.59 Å². The lowest BCUT2D eigenvalue weighted by atomic mass is 9.95. The van der Waals surface area contributed by atoms with Crippen molar-refractivity contribution in [2.75, 3.05) is 0 Å². The van der Waals surface area contributed by atoms with E-state index < -0.39 is 5.97 Å². The highest BCUT2D eigenvalue weighted by Gasteiger charge is 2.19. The average molecular weight is 233 g/mol. The SMILES string of the molecule is CC(C)OC(=O)c1ccc2c(n1)CC(=O)CC2. The van der Waals surface area contributed by atoms with Gasteiger partial charge in [-0.25, -0.2) is 9.78 Å². The highest BCUT2D eigenvalue weighted by Crippen LogP contribution is 2.18. The Kier molecular flexibility index (Phi) is 3.22. The van der Waals surface area contributed by atoms with Crippen LogP contribution >= 0.6 is 0 Å². The second kappa shape index (κ2) is 4.65. The van der Waals surface area contributed by atoms with E-state index in [1.54, 1.807) is 19.9 Å². The number of aromatic nitrogens is 1. The van der Waals surface area contributed by atoms with Crippen LogP contribution in [0, 0.1) is 0 Å². The van der Waals surface area contributed by atoms with Crippen LogP contribution in [-0.2, 0) is 22.4 Å². The van der Waals surface area contributed by atoms with E-state index in [1.807, 2.05) is 6.07 Å². The minimum Gasteiger partial charge on any atom is -0.458 e. The van der Waals surface area contributed by atoms with Gasteiger partial charge in [0.05, 0.1) is 11.8 Å². The fourth-order valence-corrected chi connectivity index (χ4v) is 1.85. The van der Waals surface area contributed by atoms with Gasteiger partial charge in [-0.1, -0.05) is 6.07 Å². The molecule has 0 radical (unpaired) electrons. The summed E-state index contributed by atoms with van der Waals surface area (Å²) in [6.45, 7) is 3.58. The Morgan fingerprint density at radius 1 is 1.35 bits per heavy atom. The number of fused-ring (bicyclic) bond motifs is 1. The van der Waals surface area contributed by atoms with E-state index in [2.05, 4.69) is 4.98 Å². The lowest BCUT2D eigenvalue weighted by Crippen LogP contribution is -2.18. The Bertz CT molecular complexity index is 466. The van der Waals surface area contributed by atoms with Crippen LogP contribution in [0.25, 0.3) is 0 Å². The number of carbonyl (C=O) groups excluding carboxylic acids is 2. The van der Waals surface area contributed by atoms with E-state index >= 15 is 0 Å². The van der Waals surface area contributed by atoms with E-state index in [-0.39, 0.29) is 17.6 Å². The number of ketones is 1. The normalized spacial score (nSPS) is 14.6. The van der Waals surface area contributed by atoms with Gasteiger partial charge in [-0.2, -0.15) is 0 Å². The number of nitrogens with zero attached hydrogens (tertiary/aromatic N) is 1. The summed E-state index contributed by atoms with van der Waals surface area (Å²) in [6, 6.07) is 3.53. The van der Waals surface area contributed by atoms with Crippen molar-refractivity contribution in [3.8, 4) is 0 Å². The summed E-state index contributed by atoms with van der Waals surface area (Å²) in [5, 5.41) is 0. The van der Waals surface area contributed by atoms with Gasteiger partial charge in [-0.05, 0) is 31.9 Å². The highest BCUT2D eigenvalue weighted by atomic mass is 16.5. The lowest BCUT2D eigenvalue weighted by Gasteiger charge is -2.15. The molecule has 1 heterocycles. The summed E-state index contributed by atoms with van der Waals surface area (Å²) in [5.41, 5.74) is 2.07. The first-order valence-corrected chi connectivity index (χ1v) is 5.77. The molecule has 0 aromatic carbocycles. The molecule has 0 fully saturated rings. The Morgan fingerprint density at radius 2 is 2.12 bits per heavy atom. The molecule has 1 aromatic rings. The third-order valence-corrected chi connectivity index (χ3v) is 2.66. The highest BCUT2D eigenvalue weighted by molar-refractivity contribution is 5.88. The summed E-state index contributed by atoms with van der Waals surface area (Å²) >= 11 is 0. The molecule has 0 unspecified atom stereocenters. The van der Waals surface area contributed by atoms with Gasteiger partial charge in [0, 0.05) is 12.8 Å². The maximum atomic E-state index is 11.7. The molecule has 0 aliphatic heterocycles. The Hall–Kier alpha value is -1.71. The smallest absolute Gasteiger partial charge is 0.357 e. The molecule has 1 aliphatic carbocycles. The van der Waals surface area contributed by atoms with E-state index in [0.29, 0.717) is 12.8 Å². The first-order chi connectivity index (χ1) is 8.06. The summed E-state index contributed by atoms with van der Waals surface area (Å²) in [7, 11) is 0. The van der Waals surface area contributed by atoms with Crippen molar-refractivity contribution in [3.05, 3.63) is 29.1 Å². The van der Waals surface area contributed by atoms with Crippen LogP contribution < -0.4 is 0 Å². The summed E-state index contributed by atoms with van der Waals surface area (Å²) < 4.78 is 5.07. The van der Waals surface area contributed by atoms with Crippen molar-refractivity contribution in [2.45, 2.75) is 39.2 Å². The first kappa shape index (κ1) is 11.8. The molecule has 17 heavy (non-hydrogen) atoms. The number of aryl methyl sites for hydroxylation is 1. The molecular formula is C13H15NO3. The van der Waals surface area contributed by atoms with Crippen molar-refractivity contribution in [1.29, 1.82) is 0 Å². The van der Waals surface area contributed by atoms with Crippen LogP contribution in [0.4, 0.5) is 0 Å². The molecule has 4 heteroatoms. The number of carbonyl (C=O) groups is 2. The third kappa shape index (κ3) is 2.70. The van der Waals surface area contributed by atoms with Gasteiger partial charge in [-0.3, -0.25) is 4.79 Å². The molecule has 0 spiro atoms. The van der Waals surface area contributed by atoms with Crippen LogP contribution in [0.1, 0.15) is 42.0 Å². The molecule has 0 bridgehead atoms. The molecule has 0 saturated carbocycles. The molecular weight excluding hydrogens is 218 g/mol. The van der Waals surface area contributed by atoms with Gasteiger partial charge in [-0.15, -0.1) is 0 Å². The Balaban J connectivity index is 2.23. The van der Waals surface area contributed by atoms with Crippen molar-refractivity contribution in [1.82, 2.24) is 4.98 Å². The molecule has 0 N–H and O–H groups in total. The van der Waals surface area contributed by atoms with Crippen molar-refractivity contribution >= 4 is 11.8 Å². The van der Waals surface area contributed by atoms with Crippen molar-refractivity contribution in [2.24, 2.45) is 0 Å². The Labute approximate surface area is 100 Å². The predicted octanol–water partition coefficient (Wildman–Crippen LogP) is 1.70. The minimum atomic E-state index is -0.430. The van der Waals surface area contributed by atoms with E-state index in [1.165, 1.54) is 0 Å². The topological polar surface area (TPSA) is 56.3 Å². The molecule has 0 atom stereocenters. The second-order valence-corrected chi connectivity index (χ2v) is 4.47. The zero-order valence-electron chi connectivity index (χ0n) is 10.0. The zero-order chi connectivity index (χ0) is 12.4. The standard InChI is InChI=1S/C13H15NO3/c1-8(2)17-13(16)11-6-4-9-3-5-10(15)7-12(9)14-11/h4,6,8H,3,5,7H2,1-2H3. The molecule has 0 saturated heterocycles. The van der Waals surface area contributed by atoms with Gasteiger partial charge >= 0.3 is 5.97 Å². The van der Waals surface area contributed by atoms with Gasteiger partial charge in [0.1, 0.15) is 11.5 Å². The van der Waals surface area contributed by atoms with Gasteiger partial charge < -0.3 is 4.74 Å². The van der Waals surface area contributed by atoms with Crippen LogP contribution in [0.5, 0.6) is 0 Å². The quantitative estimate of drug-likeness (QED) is 0.729. The third-order valence-electron chi connectivity index (χ3n) is 2.66. The van der Waals surface area contributed by atoms with Gasteiger partial charge in [0.15, 0.2) is 0 Å². The number of hydrogen-bond donors (Lipinski definition) is 0. The van der Waals surface area contributed by atoms with Crippen molar-refractivity contribution < 1.29 is 14.3 Å². The zero-order valence-corrected chi connectivity index (χ0v) is 10.0. The number of ether oxygens (including phenoxy) is 1. The first-order valence-electron chi connectivity index (χ1n) is 5.77. The molecule has 90 valence electrons. The fraction of sp³-hybridized carbons (Fsp3) is 0.462. The van der Waals surface area contributed by atoms with Crippen LogP contribution in [0.3, 0.4) is 0 Å². The summed E-state index contributed by atoms with van der Waals surface area (Å²) in [6.07, 6.45) is 1.46. The largest absolute Gasteiger partial charge is 0.458 e. The Morgan fingerprint density at radius 3 is 2.82 bits per heavy atom. The summed E-state index contributed by atoms with van der Waals surface area (Å²) in [5.74, 6) is -0.250. The van der Waals surface area contributed by atoms with Gasteiger partial charge in [0.2, 0.25) is 0 Å². The molecule has 1 aliphatic rings.